The fraction of sp³-hybridized carbons (Fsp3) is 0.250. The molecule has 0 unspecified atom stereocenters. The highest BCUT2D eigenvalue weighted by Crippen LogP contribution is 2.22. The molecule has 9 aromatic heterocycles. The van der Waals surface area contributed by atoms with Gasteiger partial charge in [0.1, 0.15) is 5.82 Å². The number of rotatable bonds is 9. The number of nitrogens with zero attached hydrogens (tertiary/aromatic N) is 15. The van der Waals surface area contributed by atoms with Crippen LogP contribution < -0.4 is 0 Å². The highest BCUT2D eigenvalue weighted by Gasteiger charge is 2.14. The number of benzene rings is 3. The van der Waals surface area contributed by atoms with Gasteiger partial charge in [-0.25, -0.2) is 37.9 Å². The number of para-hydroxylation sites is 2. The van der Waals surface area contributed by atoms with Gasteiger partial charge in [-0.15, -0.1) is 0 Å². The van der Waals surface area contributed by atoms with Gasteiger partial charge in [0.15, 0.2) is 34.4 Å². The first-order valence-corrected chi connectivity index (χ1v) is 24.1. The molecule has 16 heteroatoms. The SMILES string of the molecule is Cc1ccc2ccc(CCc3nc4c(C)ncc(C)n4n3)nc2c1C.Cc1ncc(C)n2nc(CCc3ccc4ccccc4n3)nc12.Cc1ncc(C)n2nc(CCc3nc4ccccc4cc3F)nc12. The fourth-order valence-corrected chi connectivity index (χ4v) is 8.60. The largest absolute Gasteiger partial charge is 0.256 e. The summed E-state index contributed by atoms with van der Waals surface area (Å²) in [7, 11) is 0. The Kier molecular flexibility index (Phi) is 13.1. The van der Waals surface area contributed by atoms with Gasteiger partial charge in [0.2, 0.25) is 0 Å². The molecule has 0 atom stereocenters. The summed E-state index contributed by atoms with van der Waals surface area (Å²) in [6.07, 6.45) is 9.60. The zero-order valence-electron chi connectivity index (χ0n) is 41.7. The first-order chi connectivity index (χ1) is 34.8. The van der Waals surface area contributed by atoms with Gasteiger partial charge >= 0.3 is 0 Å². The third kappa shape index (κ3) is 9.93. The van der Waals surface area contributed by atoms with Crippen molar-refractivity contribution in [1.29, 1.82) is 0 Å². The standard InChI is InChI=1S/C20H21N5.C18H16FN5.C18H17N5/c1-12-5-6-16-7-8-17(22-19(16)14(12)3)9-10-18-23-20-15(4)21-11-13(2)25(20)24-18;1-11-10-20-12(2)18-22-17(23-24(11)18)8-7-16-14(19)9-13-5-3-4-6-15(13)21-16;1-12-11-19-13(2)18-21-17(22-23(12)18)10-9-15-8-7-14-5-3-4-6-16(14)20-15/h5-8,11H,9-10H2,1-4H3;3-6,9-10H,7-8H2,1-2H3;3-8,11H,9-10H2,1-2H3. The normalized spacial score (nSPS) is 11.5. The van der Waals surface area contributed by atoms with Crippen molar-refractivity contribution in [2.24, 2.45) is 0 Å². The molecule has 9 heterocycles. The molecule has 12 rings (SSSR count). The van der Waals surface area contributed by atoms with Gasteiger partial charge in [-0.2, -0.15) is 15.3 Å². The van der Waals surface area contributed by atoms with Crippen LogP contribution in [0.15, 0.2) is 110 Å². The van der Waals surface area contributed by atoms with E-state index in [-0.39, 0.29) is 5.82 Å². The molecule has 0 N–H and O–H groups in total. The maximum absolute atomic E-state index is 14.2. The minimum absolute atomic E-state index is 0.286. The maximum Gasteiger partial charge on any atom is 0.177 e. The highest BCUT2D eigenvalue weighted by molar-refractivity contribution is 5.83. The number of pyridine rings is 3. The van der Waals surface area contributed by atoms with Gasteiger partial charge in [-0.3, -0.25) is 24.9 Å². The Morgan fingerprint density at radius 3 is 1.39 bits per heavy atom. The number of halogens is 1. The van der Waals surface area contributed by atoms with Crippen LogP contribution in [0.1, 0.15) is 79.8 Å². The molecule has 0 saturated heterocycles. The van der Waals surface area contributed by atoms with E-state index in [9.17, 15) is 4.39 Å². The molecule has 12 aromatic rings. The van der Waals surface area contributed by atoms with E-state index in [1.807, 2.05) is 105 Å². The van der Waals surface area contributed by atoms with E-state index in [0.29, 0.717) is 24.4 Å². The number of aryl methyl sites for hydroxylation is 14. The lowest BCUT2D eigenvalue weighted by atomic mass is 10.0. The number of fused-ring (bicyclic) bond motifs is 6. The predicted molar refractivity (Wildman–Crippen MR) is 278 cm³/mol. The number of hydrogen-bond donors (Lipinski definition) is 0. The van der Waals surface area contributed by atoms with Crippen LogP contribution >= 0.6 is 0 Å². The monoisotopic (exact) mass is 955 g/mol. The summed E-state index contributed by atoms with van der Waals surface area (Å²) < 4.78 is 19.8. The Balaban J connectivity index is 0.000000124. The van der Waals surface area contributed by atoms with Gasteiger partial charge in [0, 0.05) is 65.4 Å². The van der Waals surface area contributed by atoms with Gasteiger partial charge in [0.25, 0.3) is 0 Å². The lowest BCUT2D eigenvalue weighted by molar-refractivity contribution is 0.599. The molecule has 0 amide bonds. The second-order valence-corrected chi connectivity index (χ2v) is 18.2. The Morgan fingerprint density at radius 1 is 0.417 bits per heavy atom. The van der Waals surface area contributed by atoms with Gasteiger partial charge < -0.3 is 0 Å². The summed E-state index contributed by atoms with van der Waals surface area (Å²) in [5.74, 6) is 2.05. The van der Waals surface area contributed by atoms with Crippen LogP contribution in [0.3, 0.4) is 0 Å². The lowest BCUT2D eigenvalue weighted by Gasteiger charge is -2.07. The molecule has 0 spiro atoms. The van der Waals surface area contributed by atoms with Crippen molar-refractivity contribution in [2.45, 2.75) is 93.9 Å². The molecule has 0 aliphatic heterocycles. The van der Waals surface area contributed by atoms with Crippen molar-refractivity contribution in [1.82, 2.24) is 73.7 Å². The quantitative estimate of drug-likeness (QED) is 0.135. The predicted octanol–water partition coefficient (Wildman–Crippen LogP) is 9.98. The Morgan fingerprint density at radius 2 is 0.861 bits per heavy atom. The van der Waals surface area contributed by atoms with Crippen LogP contribution in [0.25, 0.3) is 49.7 Å². The van der Waals surface area contributed by atoms with Crippen LogP contribution in [0.5, 0.6) is 0 Å². The maximum atomic E-state index is 14.2. The highest BCUT2D eigenvalue weighted by atomic mass is 19.1. The third-order valence-electron chi connectivity index (χ3n) is 12.9. The number of hydrogen-bond acceptors (Lipinski definition) is 12. The molecule has 0 saturated carbocycles. The Bertz CT molecular complexity index is 3850. The van der Waals surface area contributed by atoms with Crippen LogP contribution in [0.4, 0.5) is 4.39 Å². The fourth-order valence-electron chi connectivity index (χ4n) is 8.60. The second kappa shape index (κ2) is 20.1. The Labute approximate surface area is 415 Å². The average Bonchev–Trinajstić information content (AvgIpc) is 4.17. The molecule has 72 heavy (non-hydrogen) atoms. The third-order valence-corrected chi connectivity index (χ3v) is 12.9. The summed E-state index contributed by atoms with van der Waals surface area (Å²) in [6.45, 7) is 16.0. The summed E-state index contributed by atoms with van der Waals surface area (Å²) in [5, 5.41) is 16.9. The zero-order valence-corrected chi connectivity index (χ0v) is 41.7. The minimum atomic E-state index is -0.286. The van der Waals surface area contributed by atoms with Crippen LogP contribution in [-0.2, 0) is 38.5 Å². The van der Waals surface area contributed by atoms with Crippen molar-refractivity contribution in [3.63, 3.8) is 0 Å². The topological polar surface area (TPSA) is 168 Å². The first kappa shape index (κ1) is 47.2. The van der Waals surface area contributed by atoms with E-state index < -0.39 is 0 Å². The molecule has 360 valence electrons. The second-order valence-electron chi connectivity index (χ2n) is 18.2. The first-order valence-electron chi connectivity index (χ1n) is 24.1. The smallest absolute Gasteiger partial charge is 0.177 e. The summed E-state index contributed by atoms with van der Waals surface area (Å²) in [6, 6.07) is 30.0. The molecule has 15 nitrogen and oxygen atoms in total. The van der Waals surface area contributed by atoms with E-state index in [0.717, 1.165) is 122 Å². The van der Waals surface area contributed by atoms with Crippen molar-refractivity contribution in [3.8, 4) is 0 Å². The van der Waals surface area contributed by atoms with E-state index in [4.69, 9.17) is 9.97 Å². The van der Waals surface area contributed by atoms with E-state index in [1.54, 1.807) is 10.7 Å². The molecule has 0 aliphatic carbocycles. The molecule has 0 aliphatic rings. The van der Waals surface area contributed by atoms with Crippen LogP contribution in [0.2, 0.25) is 0 Å². The summed E-state index contributed by atoms with van der Waals surface area (Å²) in [4.78, 5) is 40.8. The molecule has 3 aromatic carbocycles. The zero-order chi connectivity index (χ0) is 50.0. The van der Waals surface area contributed by atoms with E-state index in [2.05, 4.69) is 106 Å². The molecular formula is C56H54FN15. The Hall–Kier alpha value is -8.53. The van der Waals surface area contributed by atoms with E-state index >= 15 is 0 Å². The van der Waals surface area contributed by atoms with Gasteiger partial charge in [-0.05, 0) is 116 Å². The molecule has 0 fully saturated rings. The lowest BCUT2D eigenvalue weighted by Crippen LogP contribution is -2.01. The molecule has 0 radical (unpaired) electrons. The van der Waals surface area contributed by atoms with Crippen molar-refractivity contribution in [3.05, 3.63) is 195 Å². The van der Waals surface area contributed by atoms with Gasteiger partial charge in [0.05, 0.1) is 56.4 Å². The van der Waals surface area contributed by atoms with Gasteiger partial charge in [-0.1, -0.05) is 60.7 Å². The van der Waals surface area contributed by atoms with Crippen molar-refractivity contribution in [2.75, 3.05) is 0 Å². The van der Waals surface area contributed by atoms with Crippen molar-refractivity contribution < 1.29 is 4.39 Å². The molecule has 0 bridgehead atoms. The number of aromatic nitrogens is 15. The van der Waals surface area contributed by atoms with Crippen LogP contribution in [-0.4, -0.2) is 73.7 Å². The average molecular weight is 956 g/mol. The van der Waals surface area contributed by atoms with Crippen molar-refractivity contribution >= 4 is 49.7 Å². The molecular weight excluding hydrogens is 902 g/mol. The van der Waals surface area contributed by atoms with E-state index in [1.165, 1.54) is 28.0 Å². The van der Waals surface area contributed by atoms with Crippen LogP contribution in [0, 0.1) is 61.2 Å². The summed E-state index contributed by atoms with van der Waals surface area (Å²) in [5.41, 5.74) is 16.0. The summed E-state index contributed by atoms with van der Waals surface area (Å²) >= 11 is 0. The minimum Gasteiger partial charge on any atom is -0.256 e.